The highest BCUT2D eigenvalue weighted by atomic mass is 16.4. The molecule has 5 unspecified atom stereocenters. The number of carboxylic acid groups (broad SMARTS) is 1. The number of carbonyl (C=O) groups is 4. The zero-order valence-corrected chi connectivity index (χ0v) is 21.6. The molecule has 0 bridgehead atoms. The predicted octanol–water partition coefficient (Wildman–Crippen LogP) is -1.89. The maximum Gasteiger partial charge on any atom is 0.326 e. The molecule has 214 valence electrons. The molecule has 0 fully saturated rings. The summed E-state index contributed by atoms with van der Waals surface area (Å²) in [6.45, 7) is 1.33. The number of aliphatic hydroxyl groups excluding tert-OH is 1. The molecule has 15 heteroatoms. The van der Waals surface area contributed by atoms with Gasteiger partial charge in [0.2, 0.25) is 17.7 Å². The molecule has 2 heterocycles. The van der Waals surface area contributed by atoms with Gasteiger partial charge in [0.25, 0.3) is 0 Å². The molecule has 10 N–H and O–H groups in total. The van der Waals surface area contributed by atoms with Crippen LogP contribution >= 0.6 is 0 Å². The molecule has 2 aromatic heterocycles. The molecule has 3 aromatic rings. The lowest BCUT2D eigenvalue weighted by Gasteiger charge is -2.25. The Morgan fingerprint density at radius 1 is 0.825 bits per heavy atom. The third kappa shape index (κ3) is 8.64. The number of aromatic amines is 2. The normalized spacial score (nSPS) is 14.8. The number of nitrogens with zero attached hydrogens (tertiary/aromatic N) is 2. The first-order valence-corrected chi connectivity index (χ1v) is 12.3. The van der Waals surface area contributed by atoms with Crippen LogP contribution in [0.15, 0.2) is 49.3 Å². The number of carboxylic acids is 1. The van der Waals surface area contributed by atoms with Gasteiger partial charge in [0.1, 0.15) is 29.9 Å². The zero-order valence-electron chi connectivity index (χ0n) is 21.6. The second kappa shape index (κ2) is 13.9. The molecule has 0 saturated carbocycles. The van der Waals surface area contributed by atoms with Crippen LogP contribution in [0.4, 0.5) is 0 Å². The molecular formula is C25H32N8O7. The van der Waals surface area contributed by atoms with Crippen LogP contribution in [0.2, 0.25) is 0 Å². The third-order valence-corrected chi connectivity index (χ3v) is 6.04. The smallest absolute Gasteiger partial charge is 0.326 e. The van der Waals surface area contributed by atoms with Crippen LogP contribution in [0.5, 0.6) is 5.75 Å². The Kier molecular flexibility index (Phi) is 10.3. The molecule has 1 aromatic carbocycles. The molecular weight excluding hydrogens is 524 g/mol. The molecule has 0 saturated heterocycles. The minimum absolute atomic E-state index is 0.00757. The van der Waals surface area contributed by atoms with E-state index in [0.717, 1.165) is 0 Å². The van der Waals surface area contributed by atoms with E-state index in [1.165, 1.54) is 56.2 Å². The minimum Gasteiger partial charge on any atom is -0.508 e. The molecule has 0 aliphatic carbocycles. The molecule has 3 rings (SSSR count). The van der Waals surface area contributed by atoms with Gasteiger partial charge in [-0.25, -0.2) is 14.8 Å². The van der Waals surface area contributed by atoms with Gasteiger partial charge in [0.15, 0.2) is 0 Å². The zero-order chi connectivity index (χ0) is 29.2. The Hall–Kier alpha value is -4.76. The van der Waals surface area contributed by atoms with Crippen LogP contribution in [-0.4, -0.2) is 89.2 Å². The number of aromatic hydroxyl groups is 1. The van der Waals surface area contributed by atoms with E-state index >= 15 is 0 Å². The van der Waals surface area contributed by atoms with E-state index in [1.54, 1.807) is 0 Å². The average molecular weight is 557 g/mol. The van der Waals surface area contributed by atoms with E-state index in [2.05, 4.69) is 35.9 Å². The monoisotopic (exact) mass is 556 g/mol. The van der Waals surface area contributed by atoms with E-state index < -0.39 is 54.0 Å². The van der Waals surface area contributed by atoms with E-state index in [-0.39, 0.29) is 25.0 Å². The molecule has 0 radical (unpaired) electrons. The van der Waals surface area contributed by atoms with Crippen molar-refractivity contribution >= 4 is 23.7 Å². The highest BCUT2D eigenvalue weighted by molar-refractivity contribution is 5.94. The second-order valence-corrected chi connectivity index (χ2v) is 9.22. The van der Waals surface area contributed by atoms with Crippen LogP contribution in [0, 0.1) is 0 Å². The Morgan fingerprint density at radius 3 is 1.73 bits per heavy atom. The van der Waals surface area contributed by atoms with Gasteiger partial charge >= 0.3 is 5.97 Å². The number of hydrogen-bond donors (Lipinski definition) is 9. The number of phenols is 1. The molecule has 5 atom stereocenters. The quantitative estimate of drug-likeness (QED) is 0.107. The van der Waals surface area contributed by atoms with E-state index in [4.69, 9.17) is 5.73 Å². The second-order valence-electron chi connectivity index (χ2n) is 9.22. The average Bonchev–Trinajstić information content (AvgIpc) is 3.62. The van der Waals surface area contributed by atoms with Crippen LogP contribution in [0.1, 0.15) is 23.9 Å². The summed E-state index contributed by atoms with van der Waals surface area (Å²) in [5, 5.41) is 36.4. The fourth-order valence-corrected chi connectivity index (χ4v) is 3.75. The van der Waals surface area contributed by atoms with Crippen molar-refractivity contribution in [2.45, 2.75) is 56.5 Å². The Bertz CT molecular complexity index is 1260. The van der Waals surface area contributed by atoms with Gasteiger partial charge in [-0.15, -0.1) is 0 Å². The summed E-state index contributed by atoms with van der Waals surface area (Å²) < 4.78 is 0. The molecule has 15 nitrogen and oxygen atoms in total. The fraction of sp³-hybridized carbons (Fsp3) is 0.360. The molecule has 3 amide bonds. The lowest BCUT2D eigenvalue weighted by molar-refractivity contribution is -0.142. The molecule has 40 heavy (non-hydrogen) atoms. The Balaban J connectivity index is 1.79. The van der Waals surface area contributed by atoms with Crippen molar-refractivity contribution in [3.8, 4) is 5.75 Å². The van der Waals surface area contributed by atoms with Gasteiger partial charge in [-0.3, -0.25) is 14.4 Å². The molecule has 0 spiro atoms. The largest absolute Gasteiger partial charge is 0.508 e. The molecule has 0 aliphatic heterocycles. The lowest BCUT2D eigenvalue weighted by Crippen LogP contribution is -2.59. The van der Waals surface area contributed by atoms with Crippen molar-refractivity contribution in [1.82, 2.24) is 35.9 Å². The summed E-state index contributed by atoms with van der Waals surface area (Å²) in [7, 11) is 0. The van der Waals surface area contributed by atoms with Crippen LogP contribution in [-0.2, 0) is 38.4 Å². The van der Waals surface area contributed by atoms with Gasteiger partial charge in [-0.2, -0.15) is 0 Å². The number of imidazole rings is 2. The fourth-order valence-electron chi connectivity index (χ4n) is 3.75. The third-order valence-electron chi connectivity index (χ3n) is 6.04. The number of carbonyl (C=O) groups excluding carboxylic acids is 3. The predicted molar refractivity (Wildman–Crippen MR) is 139 cm³/mol. The summed E-state index contributed by atoms with van der Waals surface area (Å²) >= 11 is 0. The van der Waals surface area contributed by atoms with Crippen molar-refractivity contribution in [1.29, 1.82) is 0 Å². The number of nitrogens with two attached hydrogens (primary N) is 1. The van der Waals surface area contributed by atoms with Crippen LogP contribution < -0.4 is 21.7 Å². The number of aliphatic hydroxyl groups is 1. The first-order chi connectivity index (χ1) is 19.0. The summed E-state index contributed by atoms with van der Waals surface area (Å²) in [6.07, 6.45) is 4.30. The summed E-state index contributed by atoms with van der Waals surface area (Å²) in [4.78, 5) is 64.6. The maximum absolute atomic E-state index is 13.4. The maximum atomic E-state index is 13.4. The van der Waals surface area contributed by atoms with Crippen LogP contribution in [0.3, 0.4) is 0 Å². The highest BCUT2D eigenvalue weighted by Crippen LogP contribution is 2.12. The topological polar surface area (TPSA) is 248 Å². The van der Waals surface area contributed by atoms with Gasteiger partial charge in [0.05, 0.1) is 18.8 Å². The Labute approximate surface area is 228 Å². The number of H-pyrrole nitrogens is 2. The first-order valence-electron chi connectivity index (χ1n) is 12.3. The van der Waals surface area contributed by atoms with Gasteiger partial charge < -0.3 is 47.0 Å². The van der Waals surface area contributed by atoms with Gasteiger partial charge in [-0.1, -0.05) is 12.1 Å². The van der Waals surface area contributed by atoms with Crippen molar-refractivity contribution in [3.05, 3.63) is 66.3 Å². The summed E-state index contributed by atoms with van der Waals surface area (Å²) in [6, 6.07) is 0.719. The standard InChI is InChI=1S/C25H32N8O7/c1-13(34)21(26)24(38)32-19(8-16-10-28-12-30-16)22(36)31-18(7-15-9-27-11-29-15)23(37)33-20(25(39)40)6-14-2-4-17(35)5-3-14/h2-5,9-13,18-21,34-35H,6-8,26H2,1H3,(H,27,29)(H,28,30)(H,31,36)(H,32,38)(H,33,37)(H,39,40). The number of nitrogens with one attached hydrogen (secondary N) is 5. The minimum atomic E-state index is -1.34. The highest BCUT2D eigenvalue weighted by Gasteiger charge is 2.32. The number of hydrogen-bond acceptors (Lipinski definition) is 9. The number of benzene rings is 1. The van der Waals surface area contributed by atoms with Crippen molar-refractivity contribution in [2.24, 2.45) is 5.73 Å². The van der Waals surface area contributed by atoms with Crippen LogP contribution in [0.25, 0.3) is 0 Å². The number of amides is 3. The number of aliphatic carboxylic acids is 1. The van der Waals surface area contributed by atoms with Crippen molar-refractivity contribution in [2.75, 3.05) is 0 Å². The SMILES string of the molecule is CC(O)C(N)C(=O)NC(Cc1cnc[nH]1)C(=O)NC(Cc1cnc[nH]1)C(=O)NC(Cc1ccc(O)cc1)C(=O)O. The Morgan fingerprint density at radius 2 is 1.30 bits per heavy atom. The first kappa shape index (κ1) is 29.8. The summed E-state index contributed by atoms with van der Waals surface area (Å²) in [5.74, 6) is -3.63. The number of rotatable bonds is 14. The summed E-state index contributed by atoms with van der Waals surface area (Å²) in [5.41, 5.74) is 7.25. The van der Waals surface area contributed by atoms with Gasteiger partial charge in [-0.05, 0) is 24.6 Å². The van der Waals surface area contributed by atoms with E-state index in [1.807, 2.05) is 0 Å². The van der Waals surface area contributed by atoms with E-state index in [0.29, 0.717) is 17.0 Å². The van der Waals surface area contributed by atoms with Crippen molar-refractivity contribution in [3.63, 3.8) is 0 Å². The number of aromatic nitrogens is 4. The lowest BCUT2D eigenvalue weighted by atomic mass is 10.0. The van der Waals surface area contributed by atoms with Gasteiger partial charge in [0, 0.05) is 43.0 Å². The molecule has 0 aliphatic rings. The van der Waals surface area contributed by atoms with Crippen molar-refractivity contribution < 1.29 is 34.5 Å². The van der Waals surface area contributed by atoms with E-state index in [9.17, 15) is 34.5 Å². The number of phenolic OH excluding ortho intramolecular Hbond substituents is 1.